The molecule has 1 aromatic carbocycles. The number of carboxylic acids is 1. The standard InChI is InChI=1S/C17H24N2O2/c1-18-8-2-4-14-10-13(6-7-16(14)18)11-19-9-3-5-15(12-19)17(20)21/h6-7,10,15H,2-5,8-9,11-12H2,1H3,(H,20,21). The SMILES string of the molecule is CN1CCCc2cc(CN3CCCC(C(=O)O)C3)ccc21. The maximum Gasteiger partial charge on any atom is 0.307 e. The summed E-state index contributed by atoms with van der Waals surface area (Å²) >= 11 is 0. The van der Waals surface area contributed by atoms with Gasteiger partial charge in [0.1, 0.15) is 0 Å². The van der Waals surface area contributed by atoms with Crippen LogP contribution in [0.2, 0.25) is 0 Å². The van der Waals surface area contributed by atoms with Gasteiger partial charge in [0.2, 0.25) is 0 Å². The van der Waals surface area contributed by atoms with Crippen molar-refractivity contribution in [2.75, 3.05) is 31.6 Å². The molecule has 1 N–H and O–H groups in total. The molecule has 114 valence electrons. The van der Waals surface area contributed by atoms with E-state index in [1.54, 1.807) is 0 Å². The second-order valence-electron chi connectivity index (χ2n) is 6.40. The highest BCUT2D eigenvalue weighted by molar-refractivity contribution is 5.70. The third-order valence-corrected chi connectivity index (χ3v) is 4.76. The summed E-state index contributed by atoms with van der Waals surface area (Å²) in [5.74, 6) is -0.839. The van der Waals surface area contributed by atoms with E-state index in [-0.39, 0.29) is 5.92 Å². The van der Waals surface area contributed by atoms with Crippen molar-refractivity contribution < 1.29 is 9.90 Å². The summed E-state index contributed by atoms with van der Waals surface area (Å²) in [4.78, 5) is 15.8. The van der Waals surface area contributed by atoms with Crippen LogP contribution in [0.1, 0.15) is 30.4 Å². The molecule has 2 heterocycles. The summed E-state index contributed by atoms with van der Waals surface area (Å²) in [6, 6.07) is 6.74. The molecule has 4 heteroatoms. The quantitative estimate of drug-likeness (QED) is 0.927. The molecule has 2 aliphatic rings. The topological polar surface area (TPSA) is 43.8 Å². The fourth-order valence-corrected chi connectivity index (χ4v) is 3.60. The molecule has 1 fully saturated rings. The predicted molar refractivity (Wildman–Crippen MR) is 83.7 cm³/mol. The molecule has 0 aliphatic carbocycles. The molecule has 0 amide bonds. The molecule has 1 unspecified atom stereocenters. The second-order valence-corrected chi connectivity index (χ2v) is 6.40. The number of fused-ring (bicyclic) bond motifs is 1. The van der Waals surface area contributed by atoms with Crippen molar-refractivity contribution in [2.24, 2.45) is 5.92 Å². The van der Waals surface area contributed by atoms with Crippen LogP contribution >= 0.6 is 0 Å². The smallest absolute Gasteiger partial charge is 0.307 e. The number of carboxylic acid groups (broad SMARTS) is 1. The van der Waals surface area contributed by atoms with Gasteiger partial charge in [-0.25, -0.2) is 0 Å². The lowest BCUT2D eigenvalue weighted by molar-refractivity contribution is -0.143. The summed E-state index contributed by atoms with van der Waals surface area (Å²) in [6.07, 6.45) is 4.19. The Bertz CT molecular complexity index is 530. The maximum absolute atomic E-state index is 11.1. The normalized spacial score (nSPS) is 22.9. The molecule has 4 nitrogen and oxygen atoms in total. The Morgan fingerprint density at radius 3 is 3.00 bits per heavy atom. The van der Waals surface area contributed by atoms with Crippen molar-refractivity contribution in [3.05, 3.63) is 29.3 Å². The zero-order chi connectivity index (χ0) is 14.8. The monoisotopic (exact) mass is 288 g/mol. The Labute approximate surface area is 126 Å². The van der Waals surface area contributed by atoms with Gasteiger partial charge in [0, 0.05) is 32.4 Å². The van der Waals surface area contributed by atoms with Gasteiger partial charge in [0.15, 0.2) is 0 Å². The predicted octanol–water partition coefficient (Wildman–Crippen LogP) is 2.37. The maximum atomic E-state index is 11.1. The molecule has 0 radical (unpaired) electrons. The lowest BCUT2D eigenvalue weighted by Crippen LogP contribution is -2.38. The average Bonchev–Trinajstić information content (AvgIpc) is 2.47. The van der Waals surface area contributed by atoms with Gasteiger partial charge < -0.3 is 10.0 Å². The van der Waals surface area contributed by atoms with Crippen LogP contribution in [0.4, 0.5) is 5.69 Å². The van der Waals surface area contributed by atoms with Crippen molar-refractivity contribution in [3.63, 3.8) is 0 Å². The third-order valence-electron chi connectivity index (χ3n) is 4.76. The third kappa shape index (κ3) is 3.21. The first-order valence-electron chi connectivity index (χ1n) is 7.91. The van der Waals surface area contributed by atoms with E-state index in [0.29, 0.717) is 6.54 Å². The Hall–Kier alpha value is -1.55. The van der Waals surface area contributed by atoms with Gasteiger partial charge >= 0.3 is 5.97 Å². The summed E-state index contributed by atoms with van der Waals surface area (Å²) in [5, 5.41) is 9.18. The molecule has 1 saturated heterocycles. The van der Waals surface area contributed by atoms with Crippen LogP contribution in [-0.2, 0) is 17.8 Å². The summed E-state index contributed by atoms with van der Waals surface area (Å²) in [6.45, 7) is 3.71. The Morgan fingerprint density at radius 2 is 2.19 bits per heavy atom. The zero-order valence-electron chi connectivity index (χ0n) is 12.7. The first-order chi connectivity index (χ1) is 10.1. The van der Waals surface area contributed by atoms with Crippen molar-refractivity contribution in [2.45, 2.75) is 32.2 Å². The van der Waals surface area contributed by atoms with Crippen LogP contribution in [0.25, 0.3) is 0 Å². The van der Waals surface area contributed by atoms with Crippen LogP contribution in [0.15, 0.2) is 18.2 Å². The van der Waals surface area contributed by atoms with Crippen molar-refractivity contribution in [3.8, 4) is 0 Å². The van der Waals surface area contributed by atoms with E-state index in [2.05, 4.69) is 35.0 Å². The van der Waals surface area contributed by atoms with E-state index in [1.807, 2.05) is 0 Å². The van der Waals surface area contributed by atoms with E-state index < -0.39 is 5.97 Å². The van der Waals surface area contributed by atoms with Crippen molar-refractivity contribution in [1.82, 2.24) is 4.90 Å². The van der Waals surface area contributed by atoms with Gasteiger partial charge in [-0.3, -0.25) is 9.69 Å². The Morgan fingerprint density at radius 1 is 1.33 bits per heavy atom. The molecule has 21 heavy (non-hydrogen) atoms. The summed E-state index contributed by atoms with van der Waals surface area (Å²) < 4.78 is 0. The number of hydrogen-bond acceptors (Lipinski definition) is 3. The van der Waals surface area contributed by atoms with Crippen LogP contribution in [0.5, 0.6) is 0 Å². The number of hydrogen-bond donors (Lipinski definition) is 1. The highest BCUT2D eigenvalue weighted by Crippen LogP contribution is 2.28. The molecule has 0 aromatic heterocycles. The number of nitrogens with zero attached hydrogens (tertiary/aromatic N) is 2. The second kappa shape index (κ2) is 6.06. The minimum absolute atomic E-state index is 0.192. The van der Waals surface area contributed by atoms with Crippen LogP contribution < -0.4 is 4.90 Å². The van der Waals surface area contributed by atoms with E-state index in [4.69, 9.17) is 0 Å². The molecule has 3 rings (SSSR count). The van der Waals surface area contributed by atoms with Gasteiger partial charge in [-0.05, 0) is 49.4 Å². The molecule has 0 saturated carbocycles. The first-order valence-corrected chi connectivity index (χ1v) is 7.91. The van der Waals surface area contributed by atoms with Gasteiger partial charge in [-0.15, -0.1) is 0 Å². The van der Waals surface area contributed by atoms with Crippen molar-refractivity contribution >= 4 is 11.7 Å². The fraction of sp³-hybridized carbons (Fsp3) is 0.588. The lowest BCUT2D eigenvalue weighted by atomic mass is 9.96. The summed E-state index contributed by atoms with van der Waals surface area (Å²) in [5.41, 5.74) is 4.11. The van der Waals surface area contributed by atoms with Gasteiger partial charge in [0.25, 0.3) is 0 Å². The Kier molecular flexibility index (Phi) is 4.15. The number of rotatable bonds is 3. The van der Waals surface area contributed by atoms with Crippen LogP contribution in [0.3, 0.4) is 0 Å². The van der Waals surface area contributed by atoms with Crippen LogP contribution in [0, 0.1) is 5.92 Å². The molecule has 1 aromatic rings. The highest BCUT2D eigenvalue weighted by atomic mass is 16.4. The minimum Gasteiger partial charge on any atom is -0.481 e. The average molecular weight is 288 g/mol. The molecule has 2 aliphatic heterocycles. The highest BCUT2D eigenvalue weighted by Gasteiger charge is 2.25. The number of piperidine rings is 1. The molecule has 0 bridgehead atoms. The van der Waals surface area contributed by atoms with E-state index in [0.717, 1.165) is 38.9 Å². The number of aliphatic carboxylic acids is 1. The largest absolute Gasteiger partial charge is 0.481 e. The zero-order valence-corrected chi connectivity index (χ0v) is 12.7. The number of anilines is 1. The van der Waals surface area contributed by atoms with E-state index in [9.17, 15) is 9.90 Å². The lowest BCUT2D eigenvalue weighted by Gasteiger charge is -2.32. The fourth-order valence-electron chi connectivity index (χ4n) is 3.60. The van der Waals surface area contributed by atoms with Gasteiger partial charge in [-0.1, -0.05) is 12.1 Å². The number of carbonyl (C=O) groups is 1. The molecular formula is C17H24N2O2. The Balaban J connectivity index is 1.69. The first kappa shape index (κ1) is 14.4. The molecule has 1 atom stereocenters. The number of benzene rings is 1. The van der Waals surface area contributed by atoms with E-state index >= 15 is 0 Å². The summed E-state index contributed by atoms with van der Waals surface area (Å²) in [7, 11) is 2.15. The number of aryl methyl sites for hydroxylation is 1. The van der Waals surface area contributed by atoms with Gasteiger partial charge in [-0.2, -0.15) is 0 Å². The van der Waals surface area contributed by atoms with Crippen LogP contribution in [-0.4, -0.2) is 42.7 Å². The minimum atomic E-state index is -0.647. The van der Waals surface area contributed by atoms with Crippen molar-refractivity contribution in [1.29, 1.82) is 0 Å². The van der Waals surface area contributed by atoms with E-state index in [1.165, 1.54) is 23.2 Å². The molecular weight excluding hydrogens is 264 g/mol. The number of likely N-dealkylation sites (tertiary alicyclic amines) is 1. The van der Waals surface area contributed by atoms with Gasteiger partial charge in [0.05, 0.1) is 5.92 Å². The molecule has 0 spiro atoms.